The van der Waals surface area contributed by atoms with E-state index in [2.05, 4.69) is 0 Å². The van der Waals surface area contributed by atoms with Gasteiger partial charge in [-0.25, -0.2) is 0 Å². The molecule has 1 radical (unpaired) electrons. The Kier molecular flexibility index (Phi) is 347. The van der Waals surface area contributed by atoms with Gasteiger partial charge < -0.3 is 0 Å². The van der Waals surface area contributed by atoms with Gasteiger partial charge in [-0.2, -0.15) is 0 Å². The van der Waals surface area contributed by atoms with E-state index in [9.17, 15) is 0 Å². The fourth-order valence-electron chi connectivity index (χ4n) is 5.71. The largest absolute Gasteiger partial charge is 0.0776 e. The number of hydrogen-bond donors (Lipinski definition) is 0. The van der Waals surface area contributed by atoms with Crippen molar-refractivity contribution in [3.05, 3.63) is 0 Å². The molecule has 1 heteroatoms. The SMILES string of the molecule is C.C.C1CCC(C(C2CCCCC2)C2CCCCC2)CC1.CC.CC.CC.CC.CC.CC.CC.CC.CC.CC.CC.CC.CC.CC.CC.[Y]. The standard InChI is InChI=1S/C19H34.15C2H6.2CH4.Y/c1-4-10-16(11-5-1)19(17-12-6-2-7-13-17)18-14-8-3-9-15-18;15*1-2;;;/h16-19H,1-15H2;15*1-2H3;2*1H4;. The van der Waals surface area contributed by atoms with Gasteiger partial charge in [0.25, 0.3) is 0 Å². The first-order chi connectivity index (χ1) is 24.4. The van der Waals surface area contributed by atoms with E-state index in [-0.39, 0.29) is 47.6 Å². The molecule has 0 amide bonds. The van der Waals surface area contributed by atoms with Gasteiger partial charge in [0.15, 0.2) is 0 Å². The average molecular weight is 835 g/mol. The summed E-state index contributed by atoms with van der Waals surface area (Å²) in [4.78, 5) is 0. The predicted molar refractivity (Wildman–Crippen MR) is 267 cm³/mol. The molecule has 3 rings (SSSR count). The Hall–Kier alpha value is 1.10. The Morgan fingerprint density at radius 1 is 0.212 bits per heavy atom. The van der Waals surface area contributed by atoms with Crippen LogP contribution >= 0.6 is 0 Å². The van der Waals surface area contributed by atoms with E-state index in [0.29, 0.717) is 0 Å². The Morgan fingerprint density at radius 2 is 0.308 bits per heavy atom. The van der Waals surface area contributed by atoms with E-state index in [1.54, 1.807) is 77.0 Å². The molecule has 3 saturated carbocycles. The molecule has 0 unspecified atom stereocenters. The first-order valence-electron chi connectivity index (χ1n) is 24.4. The van der Waals surface area contributed by atoms with E-state index < -0.39 is 0 Å². The predicted octanol–water partition coefficient (Wildman–Crippen LogP) is 23.0. The summed E-state index contributed by atoms with van der Waals surface area (Å²) >= 11 is 0. The topological polar surface area (TPSA) is 0 Å². The van der Waals surface area contributed by atoms with Gasteiger partial charge in [0.2, 0.25) is 0 Å². The average Bonchev–Trinajstić information content (AvgIpc) is 3.30. The van der Waals surface area contributed by atoms with Crippen LogP contribution in [-0.4, -0.2) is 0 Å². The van der Waals surface area contributed by atoms with Crippen molar-refractivity contribution in [1.29, 1.82) is 0 Å². The molecule has 0 N–H and O–H groups in total. The van der Waals surface area contributed by atoms with Crippen LogP contribution in [0.15, 0.2) is 0 Å². The van der Waals surface area contributed by atoms with Crippen LogP contribution in [0.4, 0.5) is 0 Å². The first kappa shape index (κ1) is 105. The Labute approximate surface area is 372 Å². The van der Waals surface area contributed by atoms with Crippen LogP contribution in [0.2, 0.25) is 0 Å². The summed E-state index contributed by atoms with van der Waals surface area (Å²) in [5.41, 5.74) is 0. The minimum Gasteiger partial charge on any atom is -0.0776 e. The van der Waals surface area contributed by atoms with Crippen LogP contribution in [-0.2, 0) is 32.7 Å². The minimum absolute atomic E-state index is 0. The van der Waals surface area contributed by atoms with Crippen LogP contribution in [0.25, 0.3) is 0 Å². The molecule has 3 aliphatic carbocycles. The normalized spacial score (nSPS) is 12.3. The summed E-state index contributed by atoms with van der Waals surface area (Å²) < 4.78 is 0. The molecule has 0 aromatic rings. The Balaban J connectivity index is -0.0000000241. The second kappa shape index (κ2) is 172. The minimum atomic E-state index is 0. The monoisotopic (exact) mass is 834 g/mol. The molecule has 0 bridgehead atoms. The van der Waals surface area contributed by atoms with E-state index in [4.69, 9.17) is 0 Å². The van der Waals surface area contributed by atoms with Crippen LogP contribution in [0, 0.1) is 23.7 Å². The molecule has 0 aromatic carbocycles. The maximum absolute atomic E-state index is 2.00. The van der Waals surface area contributed by atoms with Crippen molar-refractivity contribution in [1.82, 2.24) is 0 Å². The summed E-state index contributed by atoms with van der Waals surface area (Å²) in [6.07, 6.45) is 23.3. The smallest absolute Gasteiger partial charge is 0 e. The summed E-state index contributed by atoms with van der Waals surface area (Å²) in [6.45, 7) is 60.0. The second-order valence-corrected chi connectivity index (χ2v) is 7.77. The van der Waals surface area contributed by atoms with Crippen molar-refractivity contribution in [2.75, 3.05) is 0 Å². The molecule has 3 aliphatic rings. The van der Waals surface area contributed by atoms with Gasteiger partial charge >= 0.3 is 0 Å². The van der Waals surface area contributed by atoms with Gasteiger partial charge in [0.1, 0.15) is 0 Å². The van der Waals surface area contributed by atoms with Crippen molar-refractivity contribution < 1.29 is 32.7 Å². The summed E-state index contributed by atoms with van der Waals surface area (Å²) in [5, 5.41) is 0. The van der Waals surface area contributed by atoms with Crippen molar-refractivity contribution >= 4 is 0 Å². The summed E-state index contributed by atoms with van der Waals surface area (Å²) in [7, 11) is 0. The van der Waals surface area contributed by atoms with Crippen LogP contribution in [0.5, 0.6) is 0 Å². The molecule has 3 fully saturated rings. The number of hydrogen-bond acceptors (Lipinski definition) is 0. The fourth-order valence-corrected chi connectivity index (χ4v) is 5.71. The van der Waals surface area contributed by atoms with Crippen LogP contribution < -0.4 is 0 Å². The van der Waals surface area contributed by atoms with Crippen molar-refractivity contribution in [2.45, 2.75) is 319 Å². The molecule has 0 aliphatic heterocycles. The third kappa shape index (κ3) is 93.2. The van der Waals surface area contributed by atoms with Crippen LogP contribution in [0.3, 0.4) is 0 Å². The van der Waals surface area contributed by atoms with E-state index in [1.807, 2.05) is 208 Å². The maximum Gasteiger partial charge on any atom is 0 e. The van der Waals surface area contributed by atoms with Crippen molar-refractivity contribution in [3.8, 4) is 0 Å². The van der Waals surface area contributed by atoms with Gasteiger partial charge in [0, 0.05) is 32.7 Å². The van der Waals surface area contributed by atoms with Gasteiger partial charge in [0.05, 0.1) is 0 Å². The summed E-state index contributed by atoms with van der Waals surface area (Å²) in [5.74, 6) is 4.51. The maximum atomic E-state index is 2.00. The molecule has 0 atom stereocenters. The quantitative estimate of drug-likeness (QED) is 0.266. The molecule has 52 heavy (non-hydrogen) atoms. The molecular weight excluding hydrogens is 701 g/mol. The number of rotatable bonds is 3. The third-order valence-corrected chi connectivity index (χ3v) is 6.58. The van der Waals surface area contributed by atoms with Gasteiger partial charge in [-0.3, -0.25) is 0 Å². The van der Waals surface area contributed by atoms with Crippen LogP contribution in [0.1, 0.15) is 319 Å². The van der Waals surface area contributed by atoms with E-state index in [1.165, 1.54) is 19.3 Å². The molecule has 0 heterocycles. The van der Waals surface area contributed by atoms with Gasteiger partial charge in [-0.05, 0) is 23.7 Å². The zero-order chi connectivity index (χ0) is 42.9. The zero-order valence-corrected chi connectivity index (χ0v) is 46.3. The van der Waals surface area contributed by atoms with Crippen molar-refractivity contribution in [3.63, 3.8) is 0 Å². The zero-order valence-electron chi connectivity index (χ0n) is 43.5. The molecule has 0 nitrogen and oxygen atoms in total. The van der Waals surface area contributed by atoms with Gasteiger partial charge in [-0.1, -0.05) is 319 Å². The molecule has 339 valence electrons. The van der Waals surface area contributed by atoms with E-state index in [0.717, 1.165) is 23.7 Å². The molecule has 0 saturated heterocycles. The molecule has 0 aromatic heterocycles. The Bertz CT molecular complexity index is 203. The Morgan fingerprint density at radius 3 is 0.404 bits per heavy atom. The molecule has 0 spiro atoms. The first-order valence-corrected chi connectivity index (χ1v) is 24.4. The summed E-state index contributed by atoms with van der Waals surface area (Å²) in [6, 6.07) is 0. The van der Waals surface area contributed by atoms with E-state index >= 15 is 0 Å². The van der Waals surface area contributed by atoms with Gasteiger partial charge in [-0.15, -0.1) is 0 Å². The fraction of sp³-hybridized carbons (Fsp3) is 1.00. The third-order valence-electron chi connectivity index (χ3n) is 6.58. The molecular formula is C51H132Y. The van der Waals surface area contributed by atoms with Crippen molar-refractivity contribution in [2.24, 2.45) is 23.7 Å². The second-order valence-electron chi connectivity index (χ2n) is 7.77.